The summed E-state index contributed by atoms with van der Waals surface area (Å²) in [5.41, 5.74) is 16.3. The van der Waals surface area contributed by atoms with Crippen molar-refractivity contribution in [3.05, 3.63) is 265 Å². The Balaban J connectivity index is 0.737. The molecule has 0 aliphatic heterocycles. The standard InChI is InChI=1S/C72H42Cl2N10/c73-69-75-67(47-18-14-20-49(38-47)81-59-27-9-4-22-51(59)52-23-5-10-28-60(52)81)77-72(80-69)84-63-31-13-8-26-55(63)58-42-46(34-37-66(58)84)45-33-35-64-56(41-45)53-24-6-11-29-61(53)82(64)50-21-15-19-48(39-50)68-76-70(74)79-71(78-68)83-62-30-12-7-25-54(62)57-40-44(32-36-65(57)83)43-16-2-1-3-17-43/h1-42H. The van der Waals surface area contributed by atoms with Crippen LogP contribution in [0.15, 0.2) is 255 Å². The molecule has 0 aliphatic carbocycles. The van der Waals surface area contributed by atoms with Gasteiger partial charge in [-0.15, -0.1) is 0 Å². The number of benzene rings is 11. The van der Waals surface area contributed by atoms with Crippen LogP contribution in [0.5, 0.6) is 0 Å². The lowest BCUT2D eigenvalue weighted by atomic mass is 10.0. The molecular weight excluding hydrogens is 1080 g/mol. The van der Waals surface area contributed by atoms with E-state index in [1.807, 2.05) is 42.5 Å². The van der Waals surface area contributed by atoms with Gasteiger partial charge < -0.3 is 9.13 Å². The number of para-hydroxylation sites is 5. The van der Waals surface area contributed by atoms with Gasteiger partial charge in [0, 0.05) is 65.6 Å². The van der Waals surface area contributed by atoms with Gasteiger partial charge in [-0.2, -0.15) is 29.9 Å². The largest absolute Gasteiger partial charge is 0.309 e. The molecular formula is C72H42Cl2N10. The van der Waals surface area contributed by atoms with Crippen molar-refractivity contribution in [1.82, 2.24) is 48.2 Å². The second-order valence-corrected chi connectivity index (χ2v) is 21.7. The highest BCUT2D eigenvalue weighted by Gasteiger charge is 2.22. The monoisotopic (exact) mass is 1120 g/mol. The van der Waals surface area contributed by atoms with Gasteiger partial charge in [0.05, 0.1) is 44.1 Å². The predicted octanol–water partition coefficient (Wildman–Crippen LogP) is 18.4. The van der Waals surface area contributed by atoms with Crippen LogP contribution in [0.4, 0.5) is 0 Å². The quantitative estimate of drug-likeness (QED) is 0.150. The molecule has 0 N–H and O–H groups in total. The van der Waals surface area contributed by atoms with Crippen LogP contribution in [0.25, 0.3) is 156 Å². The number of nitrogens with zero attached hydrogens (tertiary/aromatic N) is 10. The Morgan fingerprint density at radius 2 is 0.524 bits per heavy atom. The van der Waals surface area contributed by atoms with E-state index < -0.39 is 0 Å². The number of hydrogen-bond donors (Lipinski definition) is 0. The molecule has 0 radical (unpaired) electrons. The van der Waals surface area contributed by atoms with Crippen LogP contribution >= 0.6 is 23.2 Å². The first-order chi connectivity index (χ1) is 41.5. The Bertz CT molecular complexity index is 5510. The smallest absolute Gasteiger partial charge is 0.239 e. The lowest BCUT2D eigenvalue weighted by Gasteiger charge is -2.12. The molecule has 84 heavy (non-hydrogen) atoms. The zero-order chi connectivity index (χ0) is 55.6. The minimum atomic E-state index is 0.108. The molecule has 10 nitrogen and oxygen atoms in total. The SMILES string of the molecule is Clc1nc(-c2cccc(-n3c4ccccc4c4ccccc43)c2)nc(-n2c3ccccc3c3cc(-c4ccc5c(c4)c4ccccc4n5-c4cccc(-c5nc(Cl)nc(-n6c7ccccc7c7cc(-c8ccccc8)ccc76)n5)c4)ccc32)n1. The Morgan fingerprint density at radius 1 is 0.214 bits per heavy atom. The van der Waals surface area contributed by atoms with Crippen LogP contribution in [-0.4, -0.2) is 48.2 Å². The molecule has 17 aromatic rings. The van der Waals surface area contributed by atoms with Gasteiger partial charge in [0.1, 0.15) is 0 Å². The molecule has 0 amide bonds. The van der Waals surface area contributed by atoms with Crippen molar-refractivity contribution in [3.8, 4) is 68.3 Å². The van der Waals surface area contributed by atoms with E-state index in [-0.39, 0.29) is 10.6 Å². The maximum Gasteiger partial charge on any atom is 0.239 e. The van der Waals surface area contributed by atoms with E-state index in [0.717, 1.165) is 121 Å². The molecule has 0 bridgehead atoms. The average molecular weight is 1120 g/mol. The molecule has 0 fully saturated rings. The predicted molar refractivity (Wildman–Crippen MR) is 342 cm³/mol. The van der Waals surface area contributed by atoms with E-state index in [1.165, 1.54) is 10.8 Å². The van der Waals surface area contributed by atoms with E-state index in [9.17, 15) is 0 Å². The summed E-state index contributed by atoms with van der Waals surface area (Å²) in [6, 6.07) is 89.2. The molecule has 6 aromatic heterocycles. The van der Waals surface area contributed by atoms with Crippen molar-refractivity contribution < 1.29 is 0 Å². The lowest BCUT2D eigenvalue weighted by molar-refractivity contribution is 0.946. The van der Waals surface area contributed by atoms with Gasteiger partial charge in [-0.25, -0.2) is 0 Å². The number of fused-ring (bicyclic) bond motifs is 12. The third kappa shape index (κ3) is 7.58. The summed E-state index contributed by atoms with van der Waals surface area (Å²) in [4.78, 5) is 29.3. The highest BCUT2D eigenvalue weighted by atomic mass is 35.5. The average Bonchev–Trinajstić information content (AvgIpc) is 3.83. The fourth-order valence-corrected chi connectivity index (χ4v) is 13.0. The van der Waals surface area contributed by atoms with E-state index in [2.05, 4.69) is 231 Å². The van der Waals surface area contributed by atoms with Crippen LogP contribution in [-0.2, 0) is 0 Å². The van der Waals surface area contributed by atoms with E-state index >= 15 is 0 Å². The molecule has 394 valence electrons. The first-order valence-corrected chi connectivity index (χ1v) is 28.4. The second-order valence-electron chi connectivity index (χ2n) is 21.0. The van der Waals surface area contributed by atoms with Gasteiger partial charge in [-0.3, -0.25) is 9.13 Å². The number of rotatable bonds is 8. The first-order valence-electron chi connectivity index (χ1n) is 27.6. The third-order valence-electron chi connectivity index (χ3n) is 16.4. The minimum Gasteiger partial charge on any atom is -0.309 e. The van der Waals surface area contributed by atoms with Crippen LogP contribution in [0.2, 0.25) is 10.6 Å². The summed E-state index contributed by atoms with van der Waals surface area (Å²) < 4.78 is 8.77. The Morgan fingerprint density at radius 3 is 0.929 bits per heavy atom. The van der Waals surface area contributed by atoms with E-state index in [0.29, 0.717) is 23.5 Å². The van der Waals surface area contributed by atoms with Crippen LogP contribution in [0.1, 0.15) is 0 Å². The molecule has 0 saturated heterocycles. The van der Waals surface area contributed by atoms with Gasteiger partial charge in [0.25, 0.3) is 0 Å². The molecule has 0 unspecified atom stereocenters. The van der Waals surface area contributed by atoms with Gasteiger partial charge >= 0.3 is 0 Å². The lowest BCUT2D eigenvalue weighted by Crippen LogP contribution is -2.05. The fraction of sp³-hybridized carbons (Fsp3) is 0. The topological polar surface area (TPSA) is 97.1 Å². The van der Waals surface area contributed by atoms with E-state index in [1.54, 1.807) is 0 Å². The maximum atomic E-state index is 6.87. The van der Waals surface area contributed by atoms with Crippen molar-refractivity contribution in [2.75, 3.05) is 0 Å². The van der Waals surface area contributed by atoms with Crippen molar-refractivity contribution in [2.45, 2.75) is 0 Å². The van der Waals surface area contributed by atoms with Crippen molar-refractivity contribution >= 4 is 110 Å². The highest BCUT2D eigenvalue weighted by Crippen LogP contribution is 2.41. The number of aromatic nitrogens is 10. The second kappa shape index (κ2) is 18.9. The molecule has 0 spiro atoms. The number of halogens is 2. The van der Waals surface area contributed by atoms with Crippen molar-refractivity contribution in [2.24, 2.45) is 0 Å². The Hall–Kier alpha value is -10.8. The summed E-state index contributed by atoms with van der Waals surface area (Å²) in [7, 11) is 0. The fourth-order valence-electron chi connectivity index (χ4n) is 12.7. The molecule has 6 heterocycles. The van der Waals surface area contributed by atoms with E-state index in [4.69, 9.17) is 53.1 Å². The maximum absolute atomic E-state index is 6.87. The molecule has 17 rings (SSSR count). The normalized spacial score (nSPS) is 11.9. The summed E-state index contributed by atoms with van der Waals surface area (Å²) in [5, 5.41) is 9.18. The van der Waals surface area contributed by atoms with Gasteiger partial charge in [-0.1, -0.05) is 164 Å². The number of hydrogen-bond acceptors (Lipinski definition) is 6. The van der Waals surface area contributed by atoms with Crippen LogP contribution < -0.4 is 0 Å². The molecule has 12 heteroatoms. The minimum absolute atomic E-state index is 0.108. The molecule has 0 atom stereocenters. The molecule has 0 saturated carbocycles. The summed E-state index contributed by atoms with van der Waals surface area (Å²) in [6.45, 7) is 0. The van der Waals surface area contributed by atoms with Gasteiger partial charge in [0.2, 0.25) is 22.5 Å². The molecule has 0 aliphatic rings. The van der Waals surface area contributed by atoms with Crippen LogP contribution in [0, 0.1) is 0 Å². The highest BCUT2D eigenvalue weighted by molar-refractivity contribution is 6.28. The summed E-state index contributed by atoms with van der Waals surface area (Å²) in [5.74, 6) is 1.83. The zero-order valence-electron chi connectivity index (χ0n) is 44.5. The first kappa shape index (κ1) is 48.0. The van der Waals surface area contributed by atoms with Gasteiger partial charge in [0.15, 0.2) is 11.6 Å². The molecule has 11 aromatic carbocycles. The van der Waals surface area contributed by atoms with Crippen molar-refractivity contribution in [1.29, 1.82) is 0 Å². The van der Waals surface area contributed by atoms with Crippen molar-refractivity contribution in [3.63, 3.8) is 0 Å². The Kier molecular flexibility index (Phi) is 10.8. The summed E-state index contributed by atoms with van der Waals surface area (Å²) in [6.07, 6.45) is 0. The van der Waals surface area contributed by atoms with Gasteiger partial charge in [-0.05, 0) is 136 Å². The zero-order valence-corrected chi connectivity index (χ0v) is 46.0. The summed E-state index contributed by atoms with van der Waals surface area (Å²) >= 11 is 13.7. The van der Waals surface area contributed by atoms with Crippen LogP contribution in [0.3, 0.4) is 0 Å². The third-order valence-corrected chi connectivity index (χ3v) is 16.7. The Labute approximate surface area is 489 Å².